The van der Waals surface area contributed by atoms with Gasteiger partial charge in [0.1, 0.15) is 12.4 Å². The molecule has 0 aliphatic rings. The number of aryl methyl sites for hydroxylation is 1. The van der Waals surface area contributed by atoms with Gasteiger partial charge in [-0.15, -0.1) is 0 Å². The van der Waals surface area contributed by atoms with Crippen LogP contribution in [0.1, 0.15) is 48.8 Å². The number of benzene rings is 3. The van der Waals surface area contributed by atoms with Crippen molar-refractivity contribution in [1.29, 1.82) is 0 Å². The first-order valence-corrected chi connectivity index (χ1v) is 12.1. The summed E-state index contributed by atoms with van der Waals surface area (Å²) >= 11 is 0. The lowest BCUT2D eigenvalue weighted by molar-refractivity contribution is -0.139. The predicted molar refractivity (Wildman–Crippen MR) is 141 cm³/mol. The van der Waals surface area contributed by atoms with Crippen LogP contribution in [0.4, 0.5) is 18.9 Å². The van der Waals surface area contributed by atoms with E-state index in [-0.39, 0.29) is 24.2 Å². The summed E-state index contributed by atoms with van der Waals surface area (Å²) in [6.07, 6.45) is -4.52. The summed E-state index contributed by atoms with van der Waals surface area (Å²) < 4.78 is 46.7. The molecule has 0 fully saturated rings. The van der Waals surface area contributed by atoms with E-state index in [9.17, 15) is 22.8 Å². The molecule has 10 heteroatoms. The van der Waals surface area contributed by atoms with Gasteiger partial charge in [0.05, 0.1) is 29.2 Å². The number of hydrogen-bond donors (Lipinski definition) is 2. The Hall–Kier alpha value is -4.60. The van der Waals surface area contributed by atoms with Gasteiger partial charge in [0.2, 0.25) is 0 Å². The highest BCUT2D eigenvalue weighted by molar-refractivity contribution is 6.04. The van der Waals surface area contributed by atoms with Crippen LogP contribution in [-0.2, 0) is 19.3 Å². The first-order chi connectivity index (χ1) is 18.6. The summed E-state index contributed by atoms with van der Waals surface area (Å²) in [7, 11) is 1.57. The number of halogens is 3. The maximum absolute atomic E-state index is 13.2. The summed E-state index contributed by atoms with van der Waals surface area (Å²) in [6, 6.07) is 18.7. The maximum atomic E-state index is 13.2. The Morgan fingerprint density at radius 1 is 0.897 bits per heavy atom. The van der Waals surface area contributed by atoms with E-state index >= 15 is 0 Å². The molecule has 0 atom stereocenters. The zero-order chi connectivity index (χ0) is 28.2. The van der Waals surface area contributed by atoms with Crippen molar-refractivity contribution in [3.8, 4) is 5.75 Å². The Kier molecular flexibility index (Phi) is 8.04. The number of carbonyl (C=O) groups excluding carboxylic acids is 2. The van der Waals surface area contributed by atoms with Crippen molar-refractivity contribution in [3.63, 3.8) is 0 Å². The number of rotatable bonds is 8. The van der Waals surface area contributed by atoms with Crippen LogP contribution in [0.5, 0.6) is 5.75 Å². The Morgan fingerprint density at radius 3 is 2.31 bits per heavy atom. The van der Waals surface area contributed by atoms with Gasteiger partial charge >= 0.3 is 6.18 Å². The molecule has 1 aromatic heterocycles. The van der Waals surface area contributed by atoms with Crippen LogP contribution in [-0.4, -0.2) is 28.6 Å². The smallest absolute Gasteiger partial charge is 0.419 e. The number of ether oxygens (including phenoxy) is 1. The first kappa shape index (κ1) is 27.4. The van der Waals surface area contributed by atoms with E-state index in [0.717, 1.165) is 17.3 Å². The third kappa shape index (κ3) is 6.46. The highest BCUT2D eigenvalue weighted by Gasteiger charge is 2.34. The van der Waals surface area contributed by atoms with Crippen LogP contribution in [0.3, 0.4) is 0 Å². The molecule has 0 unspecified atom stereocenters. The SMILES string of the molecule is CNC(=O)c1cccc(Cn2nc(C)c(NC(=O)c3ccc(COc4ccccc4C(F)(F)F)cc3)c2C)c1. The van der Waals surface area contributed by atoms with Gasteiger partial charge in [-0.1, -0.05) is 36.4 Å². The van der Waals surface area contributed by atoms with Crippen molar-refractivity contribution in [1.82, 2.24) is 15.1 Å². The molecule has 2 amide bonds. The van der Waals surface area contributed by atoms with Crippen LogP contribution >= 0.6 is 0 Å². The van der Waals surface area contributed by atoms with Gasteiger partial charge in [-0.05, 0) is 61.4 Å². The third-order valence-electron chi connectivity index (χ3n) is 6.17. The van der Waals surface area contributed by atoms with E-state index in [1.54, 1.807) is 61.1 Å². The lowest BCUT2D eigenvalue weighted by Crippen LogP contribution is -2.18. The van der Waals surface area contributed by atoms with Crippen molar-refractivity contribution >= 4 is 17.5 Å². The monoisotopic (exact) mass is 536 g/mol. The fraction of sp³-hybridized carbons (Fsp3) is 0.207. The van der Waals surface area contributed by atoms with Gasteiger partial charge in [-0.25, -0.2) is 0 Å². The molecule has 0 spiro atoms. The van der Waals surface area contributed by atoms with E-state index in [1.165, 1.54) is 18.2 Å². The summed E-state index contributed by atoms with van der Waals surface area (Å²) in [6.45, 7) is 3.97. The van der Waals surface area contributed by atoms with E-state index in [0.29, 0.717) is 34.6 Å². The molecule has 39 heavy (non-hydrogen) atoms. The Bertz CT molecular complexity index is 1490. The van der Waals surface area contributed by atoms with Gasteiger partial charge in [0, 0.05) is 18.2 Å². The highest BCUT2D eigenvalue weighted by atomic mass is 19.4. The summed E-state index contributed by atoms with van der Waals surface area (Å²) in [5.74, 6) is -0.783. The molecular weight excluding hydrogens is 509 g/mol. The molecule has 4 rings (SSSR count). The standard InChI is InChI=1S/C29H27F3N4O3/c1-18-26(19(2)36(35-18)16-21-7-6-8-23(15-21)27(37)33-3)34-28(38)22-13-11-20(12-14-22)17-39-25-10-5-4-9-24(25)29(30,31)32/h4-15H,16-17H2,1-3H3,(H,33,37)(H,34,38). The minimum atomic E-state index is -4.52. The van der Waals surface area contributed by atoms with E-state index in [1.807, 2.05) is 13.0 Å². The lowest BCUT2D eigenvalue weighted by Gasteiger charge is -2.14. The largest absolute Gasteiger partial charge is 0.488 e. The number of nitrogens with one attached hydrogen (secondary N) is 2. The fourth-order valence-electron chi connectivity index (χ4n) is 4.09. The molecule has 1 heterocycles. The lowest BCUT2D eigenvalue weighted by atomic mass is 10.1. The van der Waals surface area contributed by atoms with E-state index < -0.39 is 11.7 Å². The van der Waals surface area contributed by atoms with Crippen LogP contribution in [0.15, 0.2) is 72.8 Å². The van der Waals surface area contributed by atoms with Crippen molar-refractivity contribution in [2.45, 2.75) is 33.2 Å². The van der Waals surface area contributed by atoms with Crippen LogP contribution in [0.25, 0.3) is 0 Å². The minimum absolute atomic E-state index is 0.0822. The Morgan fingerprint density at radius 2 is 1.62 bits per heavy atom. The highest BCUT2D eigenvalue weighted by Crippen LogP contribution is 2.36. The number of hydrogen-bond acceptors (Lipinski definition) is 4. The summed E-state index contributed by atoms with van der Waals surface area (Å²) in [5, 5.41) is 10.0. The molecule has 0 saturated carbocycles. The minimum Gasteiger partial charge on any atom is -0.488 e. The molecular formula is C29H27F3N4O3. The molecule has 7 nitrogen and oxygen atoms in total. The zero-order valence-electron chi connectivity index (χ0n) is 21.6. The normalized spacial score (nSPS) is 11.2. The van der Waals surface area contributed by atoms with Crippen LogP contribution in [0.2, 0.25) is 0 Å². The van der Waals surface area contributed by atoms with Gasteiger partial charge in [0.25, 0.3) is 11.8 Å². The van der Waals surface area contributed by atoms with Crippen molar-refractivity contribution in [3.05, 3.63) is 112 Å². The molecule has 3 aromatic carbocycles. The van der Waals surface area contributed by atoms with Gasteiger partial charge < -0.3 is 15.4 Å². The summed E-state index contributed by atoms with van der Waals surface area (Å²) in [5.41, 5.74) is 3.54. The Balaban J connectivity index is 1.42. The van der Waals surface area contributed by atoms with Gasteiger partial charge in [0.15, 0.2) is 0 Å². The van der Waals surface area contributed by atoms with Crippen LogP contribution in [0, 0.1) is 13.8 Å². The molecule has 202 valence electrons. The molecule has 0 aliphatic heterocycles. The second-order valence-electron chi connectivity index (χ2n) is 8.92. The van der Waals surface area contributed by atoms with Crippen molar-refractivity contribution in [2.24, 2.45) is 0 Å². The van der Waals surface area contributed by atoms with E-state index in [4.69, 9.17) is 4.74 Å². The molecule has 2 N–H and O–H groups in total. The van der Waals surface area contributed by atoms with E-state index in [2.05, 4.69) is 15.7 Å². The second kappa shape index (κ2) is 11.4. The number of para-hydroxylation sites is 1. The topological polar surface area (TPSA) is 85.3 Å². The predicted octanol–water partition coefficient (Wildman–Crippen LogP) is 5.76. The average Bonchev–Trinajstić information content (AvgIpc) is 3.18. The first-order valence-electron chi connectivity index (χ1n) is 12.1. The maximum Gasteiger partial charge on any atom is 0.419 e. The second-order valence-corrected chi connectivity index (χ2v) is 8.92. The molecule has 0 saturated heterocycles. The molecule has 0 bridgehead atoms. The van der Waals surface area contributed by atoms with Crippen LogP contribution < -0.4 is 15.4 Å². The van der Waals surface area contributed by atoms with Crippen molar-refractivity contribution in [2.75, 3.05) is 12.4 Å². The molecule has 4 aromatic rings. The summed E-state index contributed by atoms with van der Waals surface area (Å²) in [4.78, 5) is 24.9. The fourth-order valence-corrected chi connectivity index (χ4v) is 4.09. The van der Waals surface area contributed by atoms with Gasteiger partial charge in [-0.2, -0.15) is 18.3 Å². The number of nitrogens with zero attached hydrogens (tertiary/aromatic N) is 2. The number of alkyl halides is 3. The third-order valence-corrected chi connectivity index (χ3v) is 6.17. The molecule has 0 radical (unpaired) electrons. The molecule has 0 aliphatic carbocycles. The number of carbonyl (C=O) groups is 2. The zero-order valence-corrected chi connectivity index (χ0v) is 21.6. The number of amides is 2. The van der Waals surface area contributed by atoms with Crippen molar-refractivity contribution < 1.29 is 27.5 Å². The average molecular weight is 537 g/mol. The number of anilines is 1. The quantitative estimate of drug-likeness (QED) is 0.300. The van der Waals surface area contributed by atoms with Gasteiger partial charge in [-0.3, -0.25) is 14.3 Å². The Labute approximate surface area is 223 Å². The number of aromatic nitrogens is 2.